The number of carboxylic acids is 1. The highest BCUT2D eigenvalue weighted by Crippen LogP contribution is 2.22. The van der Waals surface area contributed by atoms with Crippen LogP contribution >= 0.6 is 11.6 Å². The lowest BCUT2D eigenvalue weighted by Gasteiger charge is -2.09. The van der Waals surface area contributed by atoms with Gasteiger partial charge in [-0.1, -0.05) is 11.6 Å². The molecule has 0 spiro atoms. The van der Waals surface area contributed by atoms with Gasteiger partial charge in [0.1, 0.15) is 11.8 Å². The van der Waals surface area contributed by atoms with E-state index in [4.69, 9.17) is 21.1 Å². The Morgan fingerprint density at radius 2 is 2.12 bits per heavy atom. The molecule has 0 bridgehead atoms. The second-order valence-corrected chi connectivity index (χ2v) is 5.34. The van der Waals surface area contributed by atoms with E-state index in [9.17, 15) is 14.4 Å². The summed E-state index contributed by atoms with van der Waals surface area (Å²) in [6, 6.07) is 4.34. The average molecular weight is 348 g/mol. The number of nitrogens with zero attached hydrogens (tertiary/aromatic N) is 1. The fourth-order valence-electron chi connectivity index (χ4n) is 2.24. The van der Waals surface area contributed by atoms with Crippen LogP contribution in [0.3, 0.4) is 0 Å². The summed E-state index contributed by atoms with van der Waals surface area (Å²) in [6.45, 7) is 0.0606. The molecule has 2 aromatic heterocycles. The van der Waals surface area contributed by atoms with Gasteiger partial charge in [0.15, 0.2) is 12.1 Å². The normalized spacial score (nSPS) is 10.7. The molecular weight excluding hydrogens is 338 g/mol. The van der Waals surface area contributed by atoms with Gasteiger partial charge in [-0.2, -0.15) is 0 Å². The lowest BCUT2D eigenvalue weighted by Crippen LogP contribution is -2.24. The molecule has 1 amide bonds. The molecule has 8 nitrogen and oxygen atoms in total. The van der Waals surface area contributed by atoms with Gasteiger partial charge in [0.2, 0.25) is 0 Å². The number of hydrogen-bond acceptors (Lipinski definition) is 5. The Balaban J connectivity index is 1.98. The van der Waals surface area contributed by atoms with Gasteiger partial charge < -0.3 is 19.8 Å². The minimum atomic E-state index is -1.33. The van der Waals surface area contributed by atoms with E-state index in [1.54, 1.807) is 6.07 Å². The fraction of sp³-hybridized carbons (Fsp3) is 0.0667. The van der Waals surface area contributed by atoms with Crippen LogP contribution in [-0.2, 0) is 6.54 Å². The Kier molecular flexibility index (Phi) is 4.05. The Morgan fingerprint density at radius 1 is 1.33 bits per heavy atom. The van der Waals surface area contributed by atoms with Gasteiger partial charge in [-0.05, 0) is 23.8 Å². The Bertz CT molecular complexity index is 994. The van der Waals surface area contributed by atoms with Crippen LogP contribution in [0.25, 0.3) is 10.9 Å². The SMILES string of the molecule is O=C(NCc1cc(Cl)cc2cc(C(=O)O)c(=O)[nH]c12)c1cocn1. The molecular formula is C15H10ClN3O5. The Labute approximate surface area is 139 Å². The van der Waals surface area contributed by atoms with Crippen molar-refractivity contribution >= 4 is 34.4 Å². The van der Waals surface area contributed by atoms with Crippen LogP contribution < -0.4 is 10.9 Å². The van der Waals surface area contributed by atoms with E-state index in [0.29, 0.717) is 21.5 Å². The number of carbonyl (C=O) groups excluding carboxylic acids is 1. The monoisotopic (exact) mass is 347 g/mol. The highest BCUT2D eigenvalue weighted by molar-refractivity contribution is 6.31. The molecule has 0 atom stereocenters. The van der Waals surface area contributed by atoms with Crippen molar-refractivity contribution in [1.82, 2.24) is 15.3 Å². The van der Waals surface area contributed by atoms with E-state index in [1.165, 1.54) is 18.4 Å². The highest BCUT2D eigenvalue weighted by atomic mass is 35.5. The third-order valence-corrected chi connectivity index (χ3v) is 3.55. The average Bonchev–Trinajstić information content (AvgIpc) is 3.06. The number of hydrogen-bond donors (Lipinski definition) is 3. The fourth-order valence-corrected chi connectivity index (χ4v) is 2.49. The maximum atomic E-state index is 11.9. The molecule has 0 aliphatic carbocycles. The summed E-state index contributed by atoms with van der Waals surface area (Å²) in [6.07, 6.45) is 2.33. The maximum absolute atomic E-state index is 11.9. The third kappa shape index (κ3) is 2.99. The van der Waals surface area contributed by atoms with Gasteiger partial charge in [-0.25, -0.2) is 9.78 Å². The summed E-state index contributed by atoms with van der Waals surface area (Å²) in [5.74, 6) is -1.79. The van der Waals surface area contributed by atoms with Gasteiger partial charge >= 0.3 is 5.97 Å². The summed E-state index contributed by atoms with van der Waals surface area (Å²) in [5, 5.41) is 12.4. The van der Waals surface area contributed by atoms with E-state index in [-0.39, 0.29) is 17.8 Å². The van der Waals surface area contributed by atoms with Gasteiger partial charge in [0.05, 0.1) is 5.52 Å². The van der Waals surface area contributed by atoms with Crippen LogP contribution in [-0.4, -0.2) is 27.0 Å². The number of H-pyrrole nitrogens is 1. The molecule has 0 aliphatic heterocycles. The number of nitrogens with one attached hydrogen (secondary N) is 2. The summed E-state index contributed by atoms with van der Waals surface area (Å²) >= 11 is 6.03. The first kappa shape index (κ1) is 15.8. The largest absolute Gasteiger partial charge is 0.477 e. The molecule has 24 heavy (non-hydrogen) atoms. The maximum Gasteiger partial charge on any atom is 0.341 e. The molecule has 0 unspecified atom stereocenters. The standard InChI is InChI=1S/C15H10ClN3O5/c16-9-1-7-3-10(15(22)23)13(20)19-12(7)8(2-9)4-17-14(21)11-5-24-6-18-11/h1-3,5-6H,4H2,(H,17,21)(H,19,20)(H,22,23). The van der Waals surface area contributed by atoms with Crippen molar-refractivity contribution in [2.75, 3.05) is 0 Å². The predicted octanol–water partition coefficient (Wildman–Crippen LogP) is 1.80. The van der Waals surface area contributed by atoms with Crippen molar-refractivity contribution in [2.45, 2.75) is 6.54 Å². The molecule has 0 saturated heterocycles. The summed E-state index contributed by atoms with van der Waals surface area (Å²) in [4.78, 5) is 41.0. The molecule has 3 N–H and O–H groups in total. The number of fused-ring (bicyclic) bond motifs is 1. The molecule has 0 saturated carbocycles. The first-order valence-corrected chi connectivity index (χ1v) is 7.08. The van der Waals surface area contributed by atoms with E-state index >= 15 is 0 Å². The van der Waals surface area contributed by atoms with Crippen LogP contribution in [0, 0.1) is 0 Å². The van der Waals surface area contributed by atoms with E-state index in [0.717, 1.165) is 6.39 Å². The number of carboxylic acid groups (broad SMARTS) is 1. The quantitative estimate of drug-likeness (QED) is 0.660. The van der Waals surface area contributed by atoms with Gasteiger partial charge in [-0.15, -0.1) is 0 Å². The number of aromatic nitrogens is 2. The van der Waals surface area contributed by atoms with Gasteiger partial charge in [0, 0.05) is 17.0 Å². The molecule has 9 heteroatoms. The van der Waals surface area contributed by atoms with Crippen LogP contribution in [0.4, 0.5) is 0 Å². The van der Waals surface area contributed by atoms with E-state index < -0.39 is 17.4 Å². The number of aromatic amines is 1. The first-order valence-electron chi connectivity index (χ1n) is 6.71. The van der Waals surface area contributed by atoms with Crippen LogP contribution in [0.1, 0.15) is 26.4 Å². The van der Waals surface area contributed by atoms with Crippen LogP contribution in [0.2, 0.25) is 5.02 Å². The second-order valence-electron chi connectivity index (χ2n) is 4.90. The lowest BCUT2D eigenvalue weighted by atomic mass is 10.1. The molecule has 0 aliphatic rings. The highest BCUT2D eigenvalue weighted by Gasteiger charge is 2.14. The number of rotatable bonds is 4. The topological polar surface area (TPSA) is 125 Å². The van der Waals surface area contributed by atoms with E-state index in [2.05, 4.69) is 15.3 Å². The zero-order valence-corrected chi connectivity index (χ0v) is 12.8. The number of aromatic carboxylic acids is 1. The molecule has 0 fully saturated rings. The number of oxazole rings is 1. The number of carbonyl (C=O) groups is 2. The van der Waals surface area contributed by atoms with Crippen molar-refractivity contribution < 1.29 is 19.1 Å². The molecule has 2 heterocycles. The Hall–Kier alpha value is -3.13. The number of pyridine rings is 1. The second kappa shape index (κ2) is 6.17. The lowest BCUT2D eigenvalue weighted by molar-refractivity contribution is 0.0695. The summed E-state index contributed by atoms with van der Waals surface area (Å²) in [5.41, 5.74) is -0.0787. The predicted molar refractivity (Wildman–Crippen MR) is 84.2 cm³/mol. The number of benzene rings is 1. The zero-order valence-electron chi connectivity index (χ0n) is 12.0. The van der Waals surface area contributed by atoms with Crippen molar-refractivity contribution in [2.24, 2.45) is 0 Å². The van der Waals surface area contributed by atoms with Crippen molar-refractivity contribution in [3.8, 4) is 0 Å². The van der Waals surface area contributed by atoms with Crippen LogP contribution in [0.5, 0.6) is 0 Å². The minimum absolute atomic E-state index is 0.0606. The van der Waals surface area contributed by atoms with Gasteiger partial charge in [0.25, 0.3) is 11.5 Å². The molecule has 0 radical (unpaired) electrons. The van der Waals surface area contributed by atoms with Gasteiger partial charge in [-0.3, -0.25) is 9.59 Å². The first-order chi connectivity index (χ1) is 11.5. The minimum Gasteiger partial charge on any atom is -0.477 e. The number of amides is 1. The molecule has 3 rings (SSSR count). The molecule has 1 aromatic carbocycles. The summed E-state index contributed by atoms with van der Waals surface area (Å²) in [7, 11) is 0. The molecule has 3 aromatic rings. The van der Waals surface area contributed by atoms with Crippen molar-refractivity contribution in [3.05, 3.63) is 63.1 Å². The Morgan fingerprint density at radius 3 is 2.79 bits per heavy atom. The molecule has 122 valence electrons. The van der Waals surface area contributed by atoms with Crippen LogP contribution in [0.15, 0.2) is 40.1 Å². The van der Waals surface area contributed by atoms with E-state index in [1.807, 2.05) is 0 Å². The zero-order chi connectivity index (χ0) is 17.3. The van der Waals surface area contributed by atoms with Crippen molar-refractivity contribution in [1.29, 1.82) is 0 Å². The third-order valence-electron chi connectivity index (χ3n) is 3.33. The summed E-state index contributed by atoms with van der Waals surface area (Å²) < 4.78 is 4.73. The van der Waals surface area contributed by atoms with Crippen molar-refractivity contribution in [3.63, 3.8) is 0 Å². The number of halogens is 1. The smallest absolute Gasteiger partial charge is 0.341 e.